The van der Waals surface area contributed by atoms with Crippen molar-refractivity contribution >= 4 is 11.6 Å². The SMILES string of the molecule is CCOc1cc(CNCc2cccc(OC)c2)cc(Cl)c1OC. The van der Waals surface area contributed by atoms with Gasteiger partial charge in [0.2, 0.25) is 0 Å². The zero-order chi connectivity index (χ0) is 16.7. The first-order chi connectivity index (χ1) is 11.2. The van der Waals surface area contributed by atoms with Crippen molar-refractivity contribution in [1.82, 2.24) is 5.32 Å². The van der Waals surface area contributed by atoms with Crippen LogP contribution in [0, 0.1) is 0 Å². The van der Waals surface area contributed by atoms with Crippen molar-refractivity contribution in [2.24, 2.45) is 0 Å². The Kier molecular flexibility index (Phi) is 6.56. The number of methoxy groups -OCH3 is 2. The van der Waals surface area contributed by atoms with Gasteiger partial charge in [0.1, 0.15) is 5.75 Å². The van der Waals surface area contributed by atoms with Gasteiger partial charge >= 0.3 is 0 Å². The molecule has 2 aromatic carbocycles. The summed E-state index contributed by atoms with van der Waals surface area (Å²) in [6.45, 7) is 3.92. The van der Waals surface area contributed by atoms with Crippen LogP contribution in [0.25, 0.3) is 0 Å². The van der Waals surface area contributed by atoms with Gasteiger partial charge in [-0.2, -0.15) is 0 Å². The van der Waals surface area contributed by atoms with Crippen LogP contribution >= 0.6 is 11.6 Å². The zero-order valence-electron chi connectivity index (χ0n) is 13.7. The average molecular weight is 336 g/mol. The van der Waals surface area contributed by atoms with E-state index >= 15 is 0 Å². The third-order valence-electron chi connectivity index (χ3n) is 3.37. The van der Waals surface area contributed by atoms with Gasteiger partial charge in [0.05, 0.1) is 25.8 Å². The molecule has 0 radical (unpaired) electrons. The van der Waals surface area contributed by atoms with Crippen LogP contribution in [-0.4, -0.2) is 20.8 Å². The van der Waals surface area contributed by atoms with Crippen molar-refractivity contribution in [1.29, 1.82) is 0 Å². The Bertz CT molecular complexity index is 646. The van der Waals surface area contributed by atoms with Crippen LogP contribution in [0.3, 0.4) is 0 Å². The number of rotatable bonds is 8. The van der Waals surface area contributed by atoms with Gasteiger partial charge in [0, 0.05) is 13.1 Å². The summed E-state index contributed by atoms with van der Waals surface area (Å²) < 4.78 is 16.1. The summed E-state index contributed by atoms with van der Waals surface area (Å²) >= 11 is 6.26. The predicted molar refractivity (Wildman–Crippen MR) is 92.7 cm³/mol. The Morgan fingerprint density at radius 3 is 2.48 bits per heavy atom. The average Bonchev–Trinajstić information content (AvgIpc) is 2.55. The molecule has 0 heterocycles. The van der Waals surface area contributed by atoms with Crippen LogP contribution in [-0.2, 0) is 13.1 Å². The number of hydrogen-bond acceptors (Lipinski definition) is 4. The lowest BCUT2D eigenvalue weighted by atomic mass is 10.1. The summed E-state index contributed by atoms with van der Waals surface area (Å²) in [4.78, 5) is 0. The molecule has 1 N–H and O–H groups in total. The van der Waals surface area contributed by atoms with E-state index in [0.717, 1.165) is 23.4 Å². The standard InChI is InChI=1S/C18H22ClNO3/c1-4-23-17-10-14(9-16(19)18(17)22-3)12-20-11-13-6-5-7-15(8-13)21-2/h5-10,20H,4,11-12H2,1-3H3. The largest absolute Gasteiger partial charge is 0.497 e. The first kappa shape index (κ1) is 17.4. The van der Waals surface area contributed by atoms with Crippen molar-refractivity contribution in [2.45, 2.75) is 20.0 Å². The number of benzene rings is 2. The van der Waals surface area contributed by atoms with Crippen molar-refractivity contribution < 1.29 is 14.2 Å². The van der Waals surface area contributed by atoms with Gasteiger partial charge in [-0.3, -0.25) is 0 Å². The lowest BCUT2D eigenvalue weighted by Gasteiger charge is -2.13. The fourth-order valence-electron chi connectivity index (χ4n) is 2.32. The fraction of sp³-hybridized carbons (Fsp3) is 0.333. The summed E-state index contributed by atoms with van der Waals surface area (Å²) in [6.07, 6.45) is 0. The molecule has 124 valence electrons. The smallest absolute Gasteiger partial charge is 0.179 e. The maximum Gasteiger partial charge on any atom is 0.179 e. The van der Waals surface area contributed by atoms with Crippen LogP contribution in [0.15, 0.2) is 36.4 Å². The third kappa shape index (κ3) is 4.78. The van der Waals surface area contributed by atoms with Crippen LogP contribution in [0.2, 0.25) is 5.02 Å². The van der Waals surface area contributed by atoms with Crippen LogP contribution in [0.1, 0.15) is 18.1 Å². The molecule has 0 aliphatic carbocycles. The van der Waals surface area contributed by atoms with Gasteiger partial charge in [-0.25, -0.2) is 0 Å². The molecule has 4 nitrogen and oxygen atoms in total. The van der Waals surface area contributed by atoms with Crippen molar-refractivity contribution in [3.05, 3.63) is 52.5 Å². The summed E-state index contributed by atoms with van der Waals surface area (Å²) in [5.41, 5.74) is 2.20. The number of nitrogens with one attached hydrogen (secondary N) is 1. The molecule has 0 aliphatic heterocycles. The number of hydrogen-bond donors (Lipinski definition) is 1. The van der Waals surface area contributed by atoms with E-state index in [1.165, 1.54) is 0 Å². The summed E-state index contributed by atoms with van der Waals surface area (Å²) in [6, 6.07) is 11.8. The highest BCUT2D eigenvalue weighted by molar-refractivity contribution is 6.32. The molecule has 2 aromatic rings. The molecule has 0 saturated heterocycles. The molecule has 0 saturated carbocycles. The second kappa shape index (κ2) is 8.65. The molecule has 0 atom stereocenters. The van der Waals surface area contributed by atoms with E-state index < -0.39 is 0 Å². The van der Waals surface area contributed by atoms with E-state index in [0.29, 0.717) is 29.7 Å². The summed E-state index contributed by atoms with van der Waals surface area (Å²) in [5.74, 6) is 2.10. The second-order valence-electron chi connectivity index (χ2n) is 5.00. The molecule has 0 fully saturated rings. The van der Waals surface area contributed by atoms with Gasteiger partial charge in [-0.15, -0.1) is 0 Å². The molecule has 0 aromatic heterocycles. The zero-order valence-corrected chi connectivity index (χ0v) is 14.4. The maximum absolute atomic E-state index is 6.26. The topological polar surface area (TPSA) is 39.7 Å². The van der Waals surface area contributed by atoms with E-state index in [9.17, 15) is 0 Å². The van der Waals surface area contributed by atoms with Gasteiger partial charge in [0.25, 0.3) is 0 Å². The Labute approximate surface area is 142 Å². The summed E-state index contributed by atoms with van der Waals surface area (Å²) in [5, 5.41) is 3.95. The van der Waals surface area contributed by atoms with E-state index in [4.69, 9.17) is 25.8 Å². The quantitative estimate of drug-likeness (QED) is 0.790. The van der Waals surface area contributed by atoms with Gasteiger partial charge in [-0.1, -0.05) is 23.7 Å². The van der Waals surface area contributed by atoms with Crippen molar-refractivity contribution in [3.8, 4) is 17.2 Å². The Hall–Kier alpha value is -1.91. The maximum atomic E-state index is 6.26. The number of halogens is 1. The second-order valence-corrected chi connectivity index (χ2v) is 5.40. The van der Waals surface area contributed by atoms with Crippen LogP contribution in [0.4, 0.5) is 0 Å². The molecule has 0 aliphatic rings. The molecular formula is C18H22ClNO3. The fourth-order valence-corrected chi connectivity index (χ4v) is 2.63. The Balaban J connectivity index is 2.02. The van der Waals surface area contributed by atoms with Gasteiger partial charge < -0.3 is 19.5 Å². The Morgan fingerprint density at radius 2 is 1.78 bits per heavy atom. The lowest BCUT2D eigenvalue weighted by Crippen LogP contribution is -2.13. The molecular weight excluding hydrogens is 314 g/mol. The normalized spacial score (nSPS) is 10.4. The molecule has 23 heavy (non-hydrogen) atoms. The molecule has 2 rings (SSSR count). The highest BCUT2D eigenvalue weighted by Gasteiger charge is 2.11. The van der Waals surface area contributed by atoms with Crippen LogP contribution in [0.5, 0.6) is 17.2 Å². The minimum absolute atomic E-state index is 0.552. The Morgan fingerprint density at radius 1 is 1.00 bits per heavy atom. The number of ether oxygens (including phenoxy) is 3. The van der Waals surface area contributed by atoms with E-state index in [-0.39, 0.29) is 0 Å². The van der Waals surface area contributed by atoms with Gasteiger partial charge in [0.15, 0.2) is 11.5 Å². The minimum atomic E-state index is 0.552. The van der Waals surface area contributed by atoms with Gasteiger partial charge in [-0.05, 0) is 42.3 Å². The summed E-state index contributed by atoms with van der Waals surface area (Å²) in [7, 11) is 3.26. The predicted octanol–water partition coefficient (Wildman–Crippen LogP) is 4.05. The van der Waals surface area contributed by atoms with Crippen LogP contribution < -0.4 is 19.5 Å². The first-order valence-electron chi connectivity index (χ1n) is 7.50. The molecule has 5 heteroatoms. The molecule has 0 unspecified atom stereocenters. The molecule has 0 bridgehead atoms. The highest BCUT2D eigenvalue weighted by atomic mass is 35.5. The van der Waals surface area contributed by atoms with E-state index in [1.54, 1.807) is 14.2 Å². The van der Waals surface area contributed by atoms with Crippen molar-refractivity contribution in [3.63, 3.8) is 0 Å². The first-order valence-corrected chi connectivity index (χ1v) is 7.88. The van der Waals surface area contributed by atoms with Crippen molar-refractivity contribution in [2.75, 3.05) is 20.8 Å². The minimum Gasteiger partial charge on any atom is -0.497 e. The monoisotopic (exact) mass is 335 g/mol. The highest BCUT2D eigenvalue weighted by Crippen LogP contribution is 2.36. The third-order valence-corrected chi connectivity index (χ3v) is 3.65. The lowest BCUT2D eigenvalue weighted by molar-refractivity contribution is 0.310. The van der Waals surface area contributed by atoms with E-state index in [1.807, 2.05) is 37.3 Å². The molecule has 0 amide bonds. The molecule has 0 spiro atoms. The van der Waals surface area contributed by atoms with E-state index in [2.05, 4.69) is 11.4 Å².